The van der Waals surface area contributed by atoms with Crippen LogP contribution in [0.5, 0.6) is 0 Å². The van der Waals surface area contributed by atoms with Gasteiger partial charge in [-0.25, -0.2) is 4.98 Å². The number of fused-ring (bicyclic) bond motifs is 1. The second kappa shape index (κ2) is 7.81. The lowest BCUT2D eigenvalue weighted by Crippen LogP contribution is -2.15. The first-order valence-electron chi connectivity index (χ1n) is 7.94. The van der Waals surface area contributed by atoms with Crippen LogP contribution in [0.3, 0.4) is 0 Å². The molecule has 0 atom stereocenters. The van der Waals surface area contributed by atoms with Crippen molar-refractivity contribution in [3.05, 3.63) is 69.1 Å². The maximum absolute atomic E-state index is 12.5. The Balaban J connectivity index is 1.84. The molecule has 0 fully saturated rings. The number of rotatable bonds is 6. The maximum Gasteiger partial charge on any atom is 0.259 e. The van der Waals surface area contributed by atoms with Crippen LogP contribution in [0.4, 0.5) is 0 Å². The molecule has 0 aliphatic carbocycles. The van der Waals surface area contributed by atoms with E-state index in [0.29, 0.717) is 11.6 Å². The highest BCUT2D eigenvalue weighted by molar-refractivity contribution is 7.98. The van der Waals surface area contributed by atoms with E-state index in [1.165, 1.54) is 11.3 Å². The summed E-state index contributed by atoms with van der Waals surface area (Å²) >= 11 is 3.39. The zero-order valence-corrected chi connectivity index (χ0v) is 15.4. The van der Waals surface area contributed by atoms with Gasteiger partial charge in [0.25, 0.3) is 5.56 Å². The molecule has 0 N–H and O–H groups in total. The minimum atomic E-state index is -0.00545. The lowest BCUT2D eigenvalue weighted by atomic mass is 10.2. The minimum absolute atomic E-state index is 0.00545. The number of hydrogen-bond donors (Lipinski definition) is 0. The van der Waals surface area contributed by atoms with E-state index in [9.17, 15) is 4.79 Å². The van der Waals surface area contributed by atoms with Gasteiger partial charge in [0.05, 0.1) is 5.69 Å². The monoisotopic (exact) mass is 356 g/mol. The number of nitrogens with zero attached hydrogens (tertiary/aromatic N) is 2. The fourth-order valence-corrected chi connectivity index (χ4v) is 4.34. The number of hydrogen-bond acceptors (Lipinski definition) is 4. The van der Waals surface area contributed by atoms with Crippen LogP contribution < -0.4 is 5.56 Å². The Kier molecular flexibility index (Phi) is 5.53. The quantitative estimate of drug-likeness (QED) is 0.635. The lowest BCUT2D eigenvalue weighted by molar-refractivity contribution is 0.750. The number of thiazole rings is 1. The van der Waals surface area contributed by atoms with Crippen LogP contribution in [0.2, 0.25) is 0 Å². The van der Waals surface area contributed by atoms with E-state index >= 15 is 0 Å². The van der Waals surface area contributed by atoms with Crippen molar-refractivity contribution < 1.29 is 0 Å². The van der Waals surface area contributed by atoms with Gasteiger partial charge in [-0.05, 0) is 23.3 Å². The average molecular weight is 357 g/mol. The van der Waals surface area contributed by atoms with E-state index in [2.05, 4.69) is 18.8 Å². The van der Waals surface area contributed by atoms with Crippen molar-refractivity contribution in [1.82, 2.24) is 9.38 Å². The molecule has 0 unspecified atom stereocenters. The second-order valence-electron chi connectivity index (χ2n) is 6.02. The summed E-state index contributed by atoms with van der Waals surface area (Å²) in [5.41, 5.74) is 2.83. The molecule has 5 heteroatoms. The second-order valence-corrected chi connectivity index (χ2v) is 7.88. The van der Waals surface area contributed by atoms with Gasteiger partial charge in [0, 0.05) is 22.9 Å². The molecule has 3 nitrogen and oxygen atoms in total. The van der Waals surface area contributed by atoms with Gasteiger partial charge in [-0.15, -0.1) is 11.3 Å². The van der Waals surface area contributed by atoms with Gasteiger partial charge in [0.2, 0.25) is 0 Å². The summed E-state index contributed by atoms with van der Waals surface area (Å²) in [4.78, 5) is 17.8. The van der Waals surface area contributed by atoms with Crippen LogP contribution in [0.1, 0.15) is 30.8 Å². The van der Waals surface area contributed by atoms with Gasteiger partial charge in [-0.1, -0.05) is 50.3 Å². The molecule has 0 spiro atoms. The molecule has 0 bridgehead atoms. The Morgan fingerprint density at radius 3 is 2.79 bits per heavy atom. The molecule has 3 rings (SSSR count). The fourth-order valence-electron chi connectivity index (χ4n) is 2.32. The van der Waals surface area contributed by atoms with Crippen molar-refractivity contribution in [2.45, 2.75) is 19.6 Å². The topological polar surface area (TPSA) is 34.4 Å². The van der Waals surface area contributed by atoms with E-state index in [-0.39, 0.29) is 5.56 Å². The highest BCUT2D eigenvalue weighted by Gasteiger charge is 2.08. The molecule has 0 aliphatic heterocycles. The summed E-state index contributed by atoms with van der Waals surface area (Å²) < 4.78 is 1.73. The summed E-state index contributed by atoms with van der Waals surface area (Å²) in [6.07, 6.45) is 3.87. The van der Waals surface area contributed by atoms with E-state index in [1.54, 1.807) is 10.5 Å². The van der Waals surface area contributed by atoms with E-state index < -0.39 is 0 Å². The van der Waals surface area contributed by atoms with Gasteiger partial charge < -0.3 is 0 Å². The first-order valence-corrected chi connectivity index (χ1v) is 9.98. The summed E-state index contributed by atoms with van der Waals surface area (Å²) in [5.74, 6) is 2.60. The molecule has 0 saturated carbocycles. The highest BCUT2D eigenvalue weighted by atomic mass is 32.2. The third kappa shape index (κ3) is 4.16. The molecular weight excluding hydrogens is 336 g/mol. The minimum Gasteiger partial charge on any atom is -0.269 e. The normalized spacial score (nSPS) is 11.8. The van der Waals surface area contributed by atoms with Crippen molar-refractivity contribution in [3.8, 4) is 0 Å². The first-order chi connectivity index (χ1) is 11.6. The molecule has 0 amide bonds. The summed E-state index contributed by atoms with van der Waals surface area (Å²) in [6, 6.07) is 11.6. The predicted molar refractivity (Wildman–Crippen MR) is 106 cm³/mol. The molecule has 0 aliphatic rings. The zero-order chi connectivity index (χ0) is 16.9. The molecular formula is C19H20N2OS2. The Hall–Kier alpha value is -1.85. The molecule has 0 radical (unpaired) electrons. The van der Waals surface area contributed by atoms with E-state index in [0.717, 1.165) is 27.7 Å². The molecule has 124 valence electrons. The largest absolute Gasteiger partial charge is 0.269 e. The Morgan fingerprint density at radius 2 is 2.04 bits per heavy atom. The van der Waals surface area contributed by atoms with Crippen molar-refractivity contribution in [2.24, 2.45) is 5.92 Å². The summed E-state index contributed by atoms with van der Waals surface area (Å²) in [7, 11) is 0. The van der Waals surface area contributed by atoms with Crippen molar-refractivity contribution in [2.75, 3.05) is 5.75 Å². The Labute approximate surface area is 150 Å². The summed E-state index contributed by atoms with van der Waals surface area (Å²) in [6.45, 7) is 4.41. The molecule has 0 saturated heterocycles. The van der Waals surface area contributed by atoms with Gasteiger partial charge >= 0.3 is 0 Å². The van der Waals surface area contributed by atoms with Crippen LogP contribution in [-0.4, -0.2) is 15.1 Å². The van der Waals surface area contributed by atoms with Crippen LogP contribution >= 0.6 is 23.1 Å². The number of aromatic nitrogens is 2. The van der Waals surface area contributed by atoms with Crippen LogP contribution in [0.25, 0.3) is 17.1 Å². The van der Waals surface area contributed by atoms with E-state index in [4.69, 9.17) is 0 Å². The standard InChI is InChI=1S/C19H20N2OS2/c1-14(2)11-23-12-17-13-24-19-20-16(10-18(22)21(17)19)9-8-15-6-4-3-5-7-15/h3-10,13-14H,11-12H2,1-2H3/b9-8+. The Morgan fingerprint density at radius 1 is 1.25 bits per heavy atom. The van der Waals surface area contributed by atoms with Crippen molar-refractivity contribution in [3.63, 3.8) is 0 Å². The van der Waals surface area contributed by atoms with Gasteiger partial charge in [-0.2, -0.15) is 11.8 Å². The van der Waals surface area contributed by atoms with Crippen LogP contribution in [-0.2, 0) is 5.75 Å². The van der Waals surface area contributed by atoms with Crippen LogP contribution in [0, 0.1) is 5.92 Å². The first kappa shape index (κ1) is 17.0. The fraction of sp³-hybridized carbons (Fsp3) is 0.263. The zero-order valence-electron chi connectivity index (χ0n) is 13.8. The van der Waals surface area contributed by atoms with Crippen LogP contribution in [0.15, 0.2) is 46.6 Å². The average Bonchev–Trinajstić information content (AvgIpc) is 2.97. The predicted octanol–water partition coefficient (Wildman–Crippen LogP) is 4.82. The third-order valence-electron chi connectivity index (χ3n) is 3.44. The molecule has 2 aromatic heterocycles. The molecule has 1 aromatic carbocycles. The Bertz CT molecular complexity index is 895. The van der Waals surface area contributed by atoms with E-state index in [1.807, 2.05) is 59.6 Å². The summed E-state index contributed by atoms with van der Waals surface area (Å²) in [5, 5.41) is 2.04. The van der Waals surface area contributed by atoms with Gasteiger partial charge in [-0.3, -0.25) is 9.20 Å². The van der Waals surface area contributed by atoms with Gasteiger partial charge in [0.1, 0.15) is 0 Å². The van der Waals surface area contributed by atoms with Gasteiger partial charge in [0.15, 0.2) is 4.96 Å². The molecule has 2 heterocycles. The number of benzene rings is 1. The van der Waals surface area contributed by atoms with Crippen molar-refractivity contribution in [1.29, 1.82) is 0 Å². The molecule has 24 heavy (non-hydrogen) atoms. The number of thioether (sulfide) groups is 1. The smallest absolute Gasteiger partial charge is 0.259 e. The maximum atomic E-state index is 12.5. The molecule has 3 aromatic rings. The SMILES string of the molecule is CC(C)CSCc1csc2nc(/C=C/c3ccccc3)cc(=O)n12. The third-order valence-corrected chi connectivity index (χ3v) is 5.72. The lowest BCUT2D eigenvalue weighted by Gasteiger charge is -2.04. The van der Waals surface area contributed by atoms with Crippen molar-refractivity contribution >= 4 is 40.2 Å². The highest BCUT2D eigenvalue weighted by Crippen LogP contribution is 2.20.